The summed E-state index contributed by atoms with van der Waals surface area (Å²) in [5, 5.41) is 8.99. The standard InChI is InChI=1S/C14H24N2O3/c1-10(2)9-15-7-8-16(14(15)19)12-5-3-11(4-6-12)13(17)18/h10-12H,3-9H2,1-2H3,(H,17,18). The molecule has 1 heterocycles. The molecule has 2 rings (SSSR count). The molecule has 0 aromatic heterocycles. The second kappa shape index (κ2) is 5.80. The largest absolute Gasteiger partial charge is 0.481 e. The highest BCUT2D eigenvalue weighted by Gasteiger charge is 2.36. The average Bonchev–Trinajstić information content (AvgIpc) is 2.70. The van der Waals surface area contributed by atoms with Crippen molar-refractivity contribution >= 4 is 12.0 Å². The van der Waals surface area contributed by atoms with E-state index >= 15 is 0 Å². The summed E-state index contributed by atoms with van der Waals surface area (Å²) in [7, 11) is 0. The van der Waals surface area contributed by atoms with Crippen molar-refractivity contribution in [3.8, 4) is 0 Å². The lowest BCUT2D eigenvalue weighted by Gasteiger charge is -2.33. The van der Waals surface area contributed by atoms with Crippen LogP contribution in [0.2, 0.25) is 0 Å². The van der Waals surface area contributed by atoms with Gasteiger partial charge in [-0.15, -0.1) is 0 Å². The quantitative estimate of drug-likeness (QED) is 0.848. The summed E-state index contributed by atoms with van der Waals surface area (Å²) in [5.41, 5.74) is 0. The lowest BCUT2D eigenvalue weighted by atomic mass is 9.85. The Morgan fingerprint density at radius 2 is 1.89 bits per heavy atom. The molecule has 1 saturated carbocycles. The van der Waals surface area contributed by atoms with E-state index in [-0.39, 0.29) is 18.0 Å². The second-order valence-corrected chi connectivity index (χ2v) is 6.16. The monoisotopic (exact) mass is 268 g/mol. The Bertz CT molecular complexity index is 349. The van der Waals surface area contributed by atoms with Gasteiger partial charge in [0.1, 0.15) is 0 Å². The summed E-state index contributed by atoms with van der Waals surface area (Å²) in [6.45, 7) is 6.67. The van der Waals surface area contributed by atoms with Crippen LogP contribution in [0.3, 0.4) is 0 Å². The number of carboxylic acid groups (broad SMARTS) is 1. The molecule has 108 valence electrons. The van der Waals surface area contributed by atoms with Crippen LogP contribution in [-0.4, -0.2) is 52.6 Å². The van der Waals surface area contributed by atoms with Gasteiger partial charge in [0.15, 0.2) is 0 Å². The second-order valence-electron chi connectivity index (χ2n) is 6.16. The minimum Gasteiger partial charge on any atom is -0.481 e. The van der Waals surface area contributed by atoms with E-state index in [0.29, 0.717) is 18.8 Å². The van der Waals surface area contributed by atoms with Crippen molar-refractivity contribution in [1.29, 1.82) is 0 Å². The number of carbonyl (C=O) groups is 2. The summed E-state index contributed by atoms with van der Waals surface area (Å²) in [6, 6.07) is 0.396. The van der Waals surface area contributed by atoms with Gasteiger partial charge in [-0.25, -0.2) is 4.79 Å². The van der Waals surface area contributed by atoms with Crippen molar-refractivity contribution in [1.82, 2.24) is 9.80 Å². The summed E-state index contributed by atoms with van der Waals surface area (Å²) in [6.07, 6.45) is 3.07. The van der Waals surface area contributed by atoms with Crippen LogP contribution in [0, 0.1) is 11.8 Å². The lowest BCUT2D eigenvalue weighted by Crippen LogP contribution is -2.42. The molecule has 0 radical (unpaired) electrons. The molecule has 0 unspecified atom stereocenters. The van der Waals surface area contributed by atoms with E-state index in [1.165, 1.54) is 0 Å². The van der Waals surface area contributed by atoms with Gasteiger partial charge in [0.05, 0.1) is 5.92 Å². The number of rotatable bonds is 4. The third kappa shape index (κ3) is 3.19. The first-order valence-electron chi connectivity index (χ1n) is 7.27. The van der Waals surface area contributed by atoms with Gasteiger partial charge in [0.25, 0.3) is 0 Å². The van der Waals surface area contributed by atoms with Gasteiger partial charge in [0, 0.05) is 25.7 Å². The summed E-state index contributed by atoms with van der Waals surface area (Å²) >= 11 is 0. The third-order valence-corrected chi connectivity index (χ3v) is 4.20. The van der Waals surface area contributed by atoms with Crippen molar-refractivity contribution in [2.24, 2.45) is 11.8 Å². The summed E-state index contributed by atoms with van der Waals surface area (Å²) in [5.74, 6) is -0.403. The van der Waals surface area contributed by atoms with Gasteiger partial charge in [-0.05, 0) is 31.6 Å². The molecule has 5 nitrogen and oxygen atoms in total. The van der Waals surface area contributed by atoms with Crippen LogP contribution < -0.4 is 0 Å². The van der Waals surface area contributed by atoms with E-state index in [2.05, 4.69) is 13.8 Å². The molecule has 2 amide bonds. The van der Waals surface area contributed by atoms with E-state index in [1.54, 1.807) is 0 Å². The van der Waals surface area contributed by atoms with E-state index < -0.39 is 5.97 Å². The first kappa shape index (κ1) is 14.2. The van der Waals surface area contributed by atoms with Gasteiger partial charge < -0.3 is 14.9 Å². The molecule has 1 saturated heterocycles. The molecule has 5 heteroatoms. The number of carbonyl (C=O) groups excluding carboxylic acids is 1. The van der Waals surface area contributed by atoms with E-state index in [1.807, 2.05) is 9.80 Å². The first-order chi connectivity index (χ1) is 8.99. The van der Waals surface area contributed by atoms with Gasteiger partial charge in [0.2, 0.25) is 0 Å². The third-order valence-electron chi connectivity index (χ3n) is 4.20. The number of carboxylic acids is 1. The molecule has 1 aliphatic carbocycles. The van der Waals surface area contributed by atoms with E-state index in [9.17, 15) is 9.59 Å². The predicted octanol–water partition coefficient (Wildman–Crippen LogP) is 2.02. The Morgan fingerprint density at radius 1 is 1.26 bits per heavy atom. The van der Waals surface area contributed by atoms with Crippen molar-refractivity contribution in [2.75, 3.05) is 19.6 Å². The number of nitrogens with zero attached hydrogens (tertiary/aromatic N) is 2. The smallest absolute Gasteiger partial charge is 0.320 e. The number of hydrogen-bond acceptors (Lipinski definition) is 2. The summed E-state index contributed by atoms with van der Waals surface area (Å²) in [4.78, 5) is 27.1. The zero-order chi connectivity index (χ0) is 14.0. The minimum atomic E-state index is -0.687. The van der Waals surface area contributed by atoms with Crippen LogP contribution in [0.4, 0.5) is 4.79 Å². The molecule has 0 atom stereocenters. The Balaban J connectivity index is 1.87. The molecule has 0 bridgehead atoms. The van der Waals surface area contributed by atoms with Gasteiger partial charge in [-0.2, -0.15) is 0 Å². The molecule has 1 aliphatic heterocycles. The van der Waals surface area contributed by atoms with Crippen molar-refractivity contribution in [3.63, 3.8) is 0 Å². The fourth-order valence-electron chi connectivity index (χ4n) is 3.18. The maximum absolute atomic E-state index is 12.3. The van der Waals surface area contributed by atoms with E-state index in [0.717, 1.165) is 32.5 Å². The van der Waals surface area contributed by atoms with E-state index in [4.69, 9.17) is 5.11 Å². The first-order valence-corrected chi connectivity index (χ1v) is 7.27. The summed E-state index contributed by atoms with van der Waals surface area (Å²) < 4.78 is 0. The molecular formula is C14H24N2O3. The SMILES string of the molecule is CC(C)CN1CCN(C2CCC(C(=O)O)CC2)C1=O. The highest BCUT2D eigenvalue weighted by Crippen LogP contribution is 2.29. The van der Waals surface area contributed by atoms with Crippen LogP contribution in [0.1, 0.15) is 39.5 Å². The number of aliphatic carboxylic acids is 1. The fraction of sp³-hybridized carbons (Fsp3) is 0.857. The molecular weight excluding hydrogens is 244 g/mol. The Morgan fingerprint density at radius 3 is 2.42 bits per heavy atom. The van der Waals surface area contributed by atoms with Gasteiger partial charge in [-0.1, -0.05) is 13.8 Å². The Hall–Kier alpha value is -1.26. The lowest BCUT2D eigenvalue weighted by molar-refractivity contribution is -0.143. The van der Waals surface area contributed by atoms with Crippen molar-refractivity contribution < 1.29 is 14.7 Å². The fourth-order valence-corrected chi connectivity index (χ4v) is 3.18. The molecule has 0 aromatic rings. The molecule has 19 heavy (non-hydrogen) atoms. The number of amides is 2. The van der Waals surface area contributed by atoms with Crippen LogP contribution in [0.15, 0.2) is 0 Å². The van der Waals surface area contributed by atoms with Crippen LogP contribution in [0.25, 0.3) is 0 Å². The van der Waals surface area contributed by atoms with Crippen molar-refractivity contribution in [2.45, 2.75) is 45.6 Å². The maximum Gasteiger partial charge on any atom is 0.320 e. The van der Waals surface area contributed by atoms with Crippen LogP contribution >= 0.6 is 0 Å². The zero-order valence-electron chi connectivity index (χ0n) is 11.8. The molecule has 1 N–H and O–H groups in total. The molecule has 0 spiro atoms. The maximum atomic E-state index is 12.3. The highest BCUT2D eigenvalue weighted by atomic mass is 16.4. The number of urea groups is 1. The molecule has 0 aromatic carbocycles. The van der Waals surface area contributed by atoms with Crippen LogP contribution in [0.5, 0.6) is 0 Å². The highest BCUT2D eigenvalue weighted by molar-refractivity contribution is 5.77. The van der Waals surface area contributed by atoms with Crippen LogP contribution in [-0.2, 0) is 4.79 Å². The Kier molecular flexibility index (Phi) is 4.32. The molecule has 2 fully saturated rings. The number of hydrogen-bond donors (Lipinski definition) is 1. The topological polar surface area (TPSA) is 60.9 Å². The normalized spacial score (nSPS) is 28.3. The van der Waals surface area contributed by atoms with Crippen molar-refractivity contribution in [3.05, 3.63) is 0 Å². The average molecular weight is 268 g/mol. The molecule has 2 aliphatic rings. The van der Waals surface area contributed by atoms with Gasteiger partial charge in [-0.3, -0.25) is 4.79 Å². The zero-order valence-corrected chi connectivity index (χ0v) is 11.8. The van der Waals surface area contributed by atoms with Gasteiger partial charge >= 0.3 is 12.0 Å². The minimum absolute atomic E-state index is 0.146. The Labute approximate surface area is 114 Å². The predicted molar refractivity (Wildman–Crippen MR) is 71.9 cm³/mol.